The van der Waals surface area contributed by atoms with Gasteiger partial charge in [0.05, 0.1) is 0 Å². The molecule has 1 aliphatic rings. The van der Waals surface area contributed by atoms with Gasteiger partial charge in [-0.3, -0.25) is 4.68 Å². The van der Waals surface area contributed by atoms with Crippen molar-refractivity contribution in [2.24, 2.45) is 7.05 Å². The van der Waals surface area contributed by atoms with Crippen molar-refractivity contribution >= 4 is 11.7 Å². The third kappa shape index (κ3) is 3.97. The van der Waals surface area contributed by atoms with E-state index in [-0.39, 0.29) is 17.9 Å². The number of nitrogens with zero attached hydrogens (tertiary/aromatic N) is 3. The van der Waals surface area contributed by atoms with Crippen molar-refractivity contribution in [3.05, 3.63) is 66.2 Å². The summed E-state index contributed by atoms with van der Waals surface area (Å²) in [4.78, 5) is 16.4. The molecule has 0 radical (unpaired) electrons. The number of anilines is 1. The van der Waals surface area contributed by atoms with Gasteiger partial charge in [-0.15, -0.1) is 0 Å². The van der Waals surface area contributed by atoms with Gasteiger partial charge in [0.2, 0.25) is 0 Å². The highest BCUT2D eigenvalue weighted by molar-refractivity contribution is 5.89. The molecule has 1 aromatic heterocycles. The van der Waals surface area contributed by atoms with Crippen LogP contribution in [0.15, 0.2) is 54.9 Å². The van der Waals surface area contributed by atoms with E-state index in [1.54, 1.807) is 11.0 Å². The van der Waals surface area contributed by atoms with Crippen LogP contribution in [0.3, 0.4) is 0 Å². The lowest BCUT2D eigenvalue weighted by Gasteiger charge is -2.36. The highest BCUT2D eigenvalue weighted by Crippen LogP contribution is 2.36. The molecule has 1 heterocycles. The van der Waals surface area contributed by atoms with E-state index in [0.717, 1.165) is 24.0 Å². The van der Waals surface area contributed by atoms with Gasteiger partial charge in [-0.05, 0) is 60.7 Å². The lowest BCUT2D eigenvalue weighted by atomic mass is 9.76. The van der Waals surface area contributed by atoms with E-state index < -0.39 is 0 Å². The quantitative estimate of drug-likeness (QED) is 0.741. The number of amides is 2. The molecule has 3 aromatic rings. The predicted octanol–water partition coefficient (Wildman–Crippen LogP) is 3.69. The van der Waals surface area contributed by atoms with Gasteiger partial charge in [-0.2, -0.15) is 5.10 Å². The molecule has 7 heteroatoms. The zero-order chi connectivity index (χ0) is 18.8. The van der Waals surface area contributed by atoms with Gasteiger partial charge < -0.3 is 10.6 Å². The number of aryl methyl sites for hydroxylation is 1. The molecule has 0 atom stereocenters. The number of carbonyl (C=O) groups excluding carboxylic acids is 1. The second-order valence-corrected chi connectivity index (χ2v) is 6.83. The Morgan fingerprint density at radius 3 is 2.44 bits per heavy atom. The summed E-state index contributed by atoms with van der Waals surface area (Å²) >= 11 is 0. The van der Waals surface area contributed by atoms with E-state index in [1.807, 2.05) is 43.4 Å². The van der Waals surface area contributed by atoms with Crippen LogP contribution >= 0.6 is 0 Å². The van der Waals surface area contributed by atoms with Gasteiger partial charge in [0.25, 0.3) is 0 Å². The normalized spacial score (nSPS) is 18.6. The monoisotopic (exact) mass is 365 g/mol. The smallest absolute Gasteiger partial charge is 0.319 e. The van der Waals surface area contributed by atoms with Crippen LogP contribution < -0.4 is 10.6 Å². The first-order valence-corrected chi connectivity index (χ1v) is 8.86. The zero-order valence-electron chi connectivity index (χ0n) is 14.9. The van der Waals surface area contributed by atoms with E-state index in [0.29, 0.717) is 17.4 Å². The maximum absolute atomic E-state index is 13.0. The SMILES string of the molecule is Cn1cnc(-c2ccc(NC(=O)NC3CC(c4ccc(F)cc4)C3)cc2)n1. The van der Waals surface area contributed by atoms with Crippen LogP contribution in [0.4, 0.5) is 14.9 Å². The number of nitrogens with one attached hydrogen (secondary N) is 2. The third-order valence-corrected chi connectivity index (χ3v) is 4.82. The molecule has 0 spiro atoms. The number of benzene rings is 2. The third-order valence-electron chi connectivity index (χ3n) is 4.82. The average molecular weight is 365 g/mol. The van der Waals surface area contributed by atoms with Crippen LogP contribution in [0.2, 0.25) is 0 Å². The van der Waals surface area contributed by atoms with Crippen molar-refractivity contribution in [3.8, 4) is 11.4 Å². The van der Waals surface area contributed by atoms with Crippen LogP contribution in [0, 0.1) is 5.82 Å². The van der Waals surface area contributed by atoms with E-state index in [4.69, 9.17) is 0 Å². The van der Waals surface area contributed by atoms with E-state index in [1.165, 1.54) is 12.1 Å². The van der Waals surface area contributed by atoms with Crippen molar-refractivity contribution in [1.82, 2.24) is 20.1 Å². The van der Waals surface area contributed by atoms with Crippen molar-refractivity contribution in [2.75, 3.05) is 5.32 Å². The van der Waals surface area contributed by atoms with Crippen molar-refractivity contribution in [1.29, 1.82) is 0 Å². The summed E-state index contributed by atoms with van der Waals surface area (Å²) in [6, 6.07) is 13.9. The lowest BCUT2D eigenvalue weighted by Crippen LogP contribution is -2.45. The molecule has 1 saturated carbocycles. The maximum Gasteiger partial charge on any atom is 0.319 e. The molecule has 2 amide bonds. The van der Waals surface area contributed by atoms with Gasteiger partial charge in [0.1, 0.15) is 12.1 Å². The standard InChI is InChI=1S/C20H20FN5O/c1-26-12-22-19(25-26)14-4-8-17(9-5-14)23-20(27)24-18-10-15(11-18)13-2-6-16(21)7-3-13/h2-9,12,15,18H,10-11H2,1H3,(H2,23,24,27). The van der Waals surface area contributed by atoms with Gasteiger partial charge in [0, 0.05) is 24.3 Å². The Kier molecular flexibility index (Phi) is 4.58. The van der Waals surface area contributed by atoms with Gasteiger partial charge in [-0.1, -0.05) is 12.1 Å². The highest BCUT2D eigenvalue weighted by atomic mass is 19.1. The Morgan fingerprint density at radius 1 is 1.11 bits per heavy atom. The van der Waals surface area contributed by atoms with Crippen molar-refractivity contribution in [3.63, 3.8) is 0 Å². The lowest BCUT2D eigenvalue weighted by molar-refractivity contribution is 0.233. The summed E-state index contributed by atoms with van der Waals surface area (Å²) in [7, 11) is 1.82. The Morgan fingerprint density at radius 2 is 1.81 bits per heavy atom. The fourth-order valence-corrected chi connectivity index (χ4v) is 3.27. The molecule has 138 valence electrons. The van der Waals surface area contributed by atoms with Crippen LogP contribution in [0.1, 0.15) is 24.3 Å². The number of hydrogen-bond donors (Lipinski definition) is 2. The molecule has 0 unspecified atom stereocenters. The number of halogens is 1. The molecule has 0 bridgehead atoms. The summed E-state index contributed by atoms with van der Waals surface area (Å²) in [6.45, 7) is 0. The molecular weight excluding hydrogens is 345 g/mol. The van der Waals surface area contributed by atoms with Crippen LogP contribution in [-0.2, 0) is 7.05 Å². The van der Waals surface area contributed by atoms with Crippen LogP contribution in [-0.4, -0.2) is 26.8 Å². The number of aromatic nitrogens is 3. The maximum atomic E-state index is 13.0. The topological polar surface area (TPSA) is 71.8 Å². The van der Waals surface area contributed by atoms with Crippen molar-refractivity contribution in [2.45, 2.75) is 24.8 Å². The molecular formula is C20H20FN5O. The van der Waals surface area contributed by atoms with Crippen molar-refractivity contribution < 1.29 is 9.18 Å². The minimum atomic E-state index is -0.225. The van der Waals surface area contributed by atoms with Gasteiger partial charge in [-0.25, -0.2) is 14.2 Å². The Labute approximate surface area is 156 Å². The van der Waals surface area contributed by atoms with E-state index >= 15 is 0 Å². The summed E-state index contributed by atoms with van der Waals surface area (Å²) < 4.78 is 14.6. The molecule has 1 fully saturated rings. The fourth-order valence-electron chi connectivity index (χ4n) is 3.27. The Bertz CT molecular complexity index is 930. The molecule has 0 saturated heterocycles. The summed E-state index contributed by atoms with van der Waals surface area (Å²) in [6.07, 6.45) is 3.37. The van der Waals surface area contributed by atoms with Crippen LogP contribution in [0.25, 0.3) is 11.4 Å². The number of hydrogen-bond acceptors (Lipinski definition) is 3. The highest BCUT2D eigenvalue weighted by Gasteiger charge is 2.31. The minimum Gasteiger partial charge on any atom is -0.335 e. The number of rotatable bonds is 4. The van der Waals surface area contributed by atoms with Gasteiger partial charge in [0.15, 0.2) is 5.82 Å². The largest absolute Gasteiger partial charge is 0.335 e. The molecule has 1 aliphatic carbocycles. The first kappa shape index (κ1) is 17.2. The second-order valence-electron chi connectivity index (χ2n) is 6.83. The Hall–Kier alpha value is -3.22. The second kappa shape index (κ2) is 7.19. The number of carbonyl (C=O) groups is 1. The molecule has 2 aromatic carbocycles. The summed E-state index contributed by atoms with van der Waals surface area (Å²) in [5.74, 6) is 0.799. The average Bonchev–Trinajstić information content (AvgIpc) is 3.06. The van der Waals surface area contributed by atoms with E-state index in [2.05, 4.69) is 20.7 Å². The molecule has 4 rings (SSSR count). The fraction of sp³-hybridized carbons (Fsp3) is 0.250. The first-order chi connectivity index (χ1) is 13.1. The first-order valence-electron chi connectivity index (χ1n) is 8.86. The Balaban J connectivity index is 1.27. The van der Waals surface area contributed by atoms with E-state index in [9.17, 15) is 9.18 Å². The molecule has 2 N–H and O–H groups in total. The molecule has 27 heavy (non-hydrogen) atoms. The summed E-state index contributed by atoms with van der Waals surface area (Å²) in [5.41, 5.74) is 2.72. The molecule has 0 aliphatic heterocycles. The minimum absolute atomic E-state index is 0.136. The van der Waals surface area contributed by atoms with Crippen LogP contribution in [0.5, 0.6) is 0 Å². The zero-order valence-corrected chi connectivity index (χ0v) is 14.9. The predicted molar refractivity (Wildman–Crippen MR) is 101 cm³/mol. The van der Waals surface area contributed by atoms with Gasteiger partial charge >= 0.3 is 6.03 Å². The number of urea groups is 1. The molecule has 6 nitrogen and oxygen atoms in total. The summed E-state index contributed by atoms with van der Waals surface area (Å²) in [5, 5.41) is 10.1.